The molecule has 1 rings (SSSR count). The molecule has 0 amide bonds. The normalized spacial score (nSPS) is 14.2. The smallest absolute Gasteiger partial charge is 0.321 e. The lowest BCUT2D eigenvalue weighted by atomic mass is 9.92. The fourth-order valence-corrected chi connectivity index (χ4v) is 3.34. The molecule has 0 fully saturated rings. The summed E-state index contributed by atoms with van der Waals surface area (Å²) in [6.07, 6.45) is 0.494. The average molecular weight is 536 g/mol. The van der Waals surface area contributed by atoms with Crippen LogP contribution in [0.3, 0.4) is 0 Å². The van der Waals surface area contributed by atoms with Gasteiger partial charge in [-0.15, -0.1) is 0 Å². The third-order valence-corrected chi connectivity index (χ3v) is 5.53. The number of hydrogen-bond donors (Lipinski definition) is 2. The number of carboxylic acids is 1. The van der Waals surface area contributed by atoms with Crippen LogP contribution in [0.5, 0.6) is 11.5 Å². The highest BCUT2D eigenvalue weighted by atomic mass is 16.6. The van der Waals surface area contributed by atoms with E-state index >= 15 is 0 Å². The molecular weight excluding hydrogens is 490 g/mol. The van der Waals surface area contributed by atoms with E-state index in [2.05, 4.69) is 5.32 Å². The van der Waals surface area contributed by atoms with Crippen LogP contribution < -0.4 is 14.8 Å². The van der Waals surface area contributed by atoms with Crippen molar-refractivity contribution in [2.45, 2.75) is 100 Å². The van der Waals surface area contributed by atoms with E-state index in [1.165, 1.54) is 12.1 Å². The molecule has 0 heterocycles. The van der Waals surface area contributed by atoms with Crippen LogP contribution in [0.15, 0.2) is 18.2 Å². The monoisotopic (exact) mass is 535 g/mol. The molecule has 2 N–H and O–H groups in total. The highest BCUT2D eigenvalue weighted by Gasteiger charge is 2.25. The molecule has 0 aliphatic rings. The molecule has 2 unspecified atom stereocenters. The maximum Gasteiger partial charge on any atom is 0.321 e. The van der Waals surface area contributed by atoms with E-state index in [9.17, 15) is 24.3 Å². The Morgan fingerprint density at radius 3 is 1.89 bits per heavy atom. The first kappa shape index (κ1) is 33.1. The Kier molecular flexibility index (Phi) is 12.4. The van der Waals surface area contributed by atoms with Gasteiger partial charge in [0.25, 0.3) is 0 Å². The zero-order valence-corrected chi connectivity index (χ0v) is 24.3. The van der Waals surface area contributed by atoms with Crippen molar-refractivity contribution in [3.63, 3.8) is 0 Å². The minimum Gasteiger partial charge on any atom is -0.480 e. The van der Waals surface area contributed by atoms with E-state index in [1.807, 2.05) is 48.5 Å². The van der Waals surface area contributed by atoms with Crippen molar-refractivity contribution < 1.29 is 38.5 Å². The Hall–Kier alpha value is -2.94. The topological polar surface area (TPSA) is 128 Å². The molecule has 9 heteroatoms. The lowest BCUT2D eigenvalue weighted by Gasteiger charge is -2.21. The standard InChI is InChI=1S/C29H45NO8/c1-10-18(2)27(35)36-19(3)17-30-21(26(33)34)13-20-11-12-22(37-24(31)15-28(4,5)6)23(14-20)38-25(32)16-29(7,8)9/h11-12,14,18-19,21,30H,10,13,15-17H2,1-9H3,(H,33,34)/t18?,19?,21-/m0/s1. The van der Waals surface area contributed by atoms with Gasteiger partial charge in [0.2, 0.25) is 0 Å². The van der Waals surface area contributed by atoms with Crippen molar-refractivity contribution in [2.24, 2.45) is 16.7 Å². The van der Waals surface area contributed by atoms with Crippen LogP contribution in [0, 0.1) is 16.7 Å². The summed E-state index contributed by atoms with van der Waals surface area (Å²) in [5.41, 5.74) is -0.0468. The van der Waals surface area contributed by atoms with Crippen LogP contribution >= 0.6 is 0 Å². The second-order valence-electron chi connectivity index (χ2n) is 12.3. The summed E-state index contributed by atoms with van der Waals surface area (Å²) in [5, 5.41) is 12.7. The molecule has 1 aromatic rings. The Balaban J connectivity index is 3.07. The molecule has 0 spiro atoms. The summed E-state index contributed by atoms with van der Waals surface area (Å²) in [6, 6.07) is 3.66. The Morgan fingerprint density at radius 1 is 0.895 bits per heavy atom. The van der Waals surface area contributed by atoms with Gasteiger partial charge in [-0.3, -0.25) is 19.2 Å². The molecule has 0 aliphatic heterocycles. The second kappa shape index (κ2) is 14.3. The first-order valence-electron chi connectivity index (χ1n) is 13.1. The number of aliphatic carboxylic acids is 1. The first-order chi connectivity index (χ1) is 17.4. The molecule has 3 atom stereocenters. The molecule has 214 valence electrons. The largest absolute Gasteiger partial charge is 0.480 e. The third-order valence-electron chi connectivity index (χ3n) is 5.53. The van der Waals surface area contributed by atoms with Gasteiger partial charge < -0.3 is 24.6 Å². The van der Waals surface area contributed by atoms with Gasteiger partial charge >= 0.3 is 23.9 Å². The number of carbonyl (C=O) groups excluding carboxylic acids is 3. The molecule has 0 aromatic heterocycles. The van der Waals surface area contributed by atoms with Crippen molar-refractivity contribution in [1.82, 2.24) is 5.32 Å². The molecule has 0 radical (unpaired) electrons. The third kappa shape index (κ3) is 13.0. The molecule has 0 saturated heterocycles. The minimum atomic E-state index is -1.09. The maximum atomic E-state index is 12.6. The van der Waals surface area contributed by atoms with E-state index in [0.29, 0.717) is 12.0 Å². The molecule has 9 nitrogen and oxygen atoms in total. The first-order valence-corrected chi connectivity index (χ1v) is 13.1. The minimum absolute atomic E-state index is 0.0546. The van der Waals surface area contributed by atoms with Gasteiger partial charge in [0.15, 0.2) is 11.5 Å². The van der Waals surface area contributed by atoms with Gasteiger partial charge in [-0.1, -0.05) is 61.5 Å². The number of rotatable bonds is 13. The highest BCUT2D eigenvalue weighted by molar-refractivity contribution is 5.77. The van der Waals surface area contributed by atoms with E-state index in [0.717, 1.165) is 0 Å². The van der Waals surface area contributed by atoms with Crippen molar-refractivity contribution in [3.8, 4) is 11.5 Å². The van der Waals surface area contributed by atoms with E-state index in [1.54, 1.807) is 19.9 Å². The quantitative estimate of drug-likeness (QED) is 0.267. The summed E-state index contributed by atoms with van der Waals surface area (Å²) < 4.78 is 16.4. The van der Waals surface area contributed by atoms with E-state index in [4.69, 9.17) is 14.2 Å². The number of carbonyl (C=O) groups is 4. The Labute approximate surface area is 226 Å². The predicted molar refractivity (Wildman–Crippen MR) is 144 cm³/mol. The Morgan fingerprint density at radius 2 is 1.42 bits per heavy atom. The number of hydrogen-bond acceptors (Lipinski definition) is 8. The van der Waals surface area contributed by atoms with Gasteiger partial charge in [0, 0.05) is 6.54 Å². The lowest BCUT2D eigenvalue weighted by molar-refractivity contribution is -0.152. The molecule has 1 aromatic carbocycles. The molecule has 0 saturated carbocycles. The average Bonchev–Trinajstić information content (AvgIpc) is 2.74. The van der Waals surface area contributed by atoms with Crippen LogP contribution in [0.25, 0.3) is 0 Å². The fraction of sp³-hybridized carbons (Fsp3) is 0.655. The number of benzene rings is 1. The molecular formula is C29H45NO8. The van der Waals surface area contributed by atoms with Crippen molar-refractivity contribution in [1.29, 1.82) is 0 Å². The van der Waals surface area contributed by atoms with Gasteiger partial charge in [-0.25, -0.2) is 0 Å². The number of carboxylic acid groups (broad SMARTS) is 1. The second-order valence-corrected chi connectivity index (χ2v) is 12.3. The molecule has 38 heavy (non-hydrogen) atoms. The number of ether oxygens (including phenoxy) is 3. The molecule has 0 bridgehead atoms. The summed E-state index contributed by atoms with van der Waals surface area (Å²) in [7, 11) is 0. The lowest BCUT2D eigenvalue weighted by Crippen LogP contribution is -2.43. The van der Waals surface area contributed by atoms with Crippen LogP contribution in [0.1, 0.15) is 87.1 Å². The van der Waals surface area contributed by atoms with Crippen LogP contribution in [-0.2, 0) is 30.3 Å². The van der Waals surface area contributed by atoms with Crippen molar-refractivity contribution >= 4 is 23.9 Å². The van der Waals surface area contributed by atoms with E-state index < -0.39 is 30.1 Å². The van der Waals surface area contributed by atoms with Crippen molar-refractivity contribution in [2.75, 3.05) is 6.54 Å². The van der Waals surface area contributed by atoms with Crippen LogP contribution in [0.4, 0.5) is 0 Å². The summed E-state index contributed by atoms with van der Waals surface area (Å²) in [4.78, 5) is 48.9. The molecule has 0 aliphatic carbocycles. The van der Waals surface area contributed by atoms with Gasteiger partial charge in [0.05, 0.1) is 18.8 Å². The Bertz CT molecular complexity index is 974. The van der Waals surface area contributed by atoms with Gasteiger partial charge in [-0.2, -0.15) is 0 Å². The number of esters is 3. The maximum absolute atomic E-state index is 12.6. The zero-order valence-electron chi connectivity index (χ0n) is 24.3. The number of nitrogens with one attached hydrogen (secondary N) is 1. The van der Waals surface area contributed by atoms with Crippen molar-refractivity contribution in [3.05, 3.63) is 23.8 Å². The van der Waals surface area contributed by atoms with E-state index in [-0.39, 0.29) is 60.0 Å². The fourth-order valence-electron chi connectivity index (χ4n) is 3.34. The predicted octanol–water partition coefficient (Wildman–Crippen LogP) is 4.93. The van der Waals surface area contributed by atoms with Gasteiger partial charge in [0.1, 0.15) is 12.1 Å². The SMILES string of the molecule is CCC(C)C(=O)OC(C)CN[C@@H](Cc1ccc(OC(=O)CC(C)(C)C)c(OC(=O)CC(C)(C)C)c1)C(=O)O. The van der Waals surface area contributed by atoms with Crippen LogP contribution in [-0.4, -0.2) is 47.7 Å². The summed E-state index contributed by atoms with van der Waals surface area (Å²) >= 11 is 0. The highest BCUT2D eigenvalue weighted by Crippen LogP contribution is 2.32. The van der Waals surface area contributed by atoms with Crippen LogP contribution in [0.2, 0.25) is 0 Å². The zero-order chi connectivity index (χ0) is 29.3. The summed E-state index contributed by atoms with van der Waals surface area (Å²) in [6.45, 7) is 16.9. The summed E-state index contributed by atoms with van der Waals surface area (Å²) in [5.74, 6) is -2.46. The van der Waals surface area contributed by atoms with Gasteiger partial charge in [-0.05, 0) is 48.3 Å².